The van der Waals surface area contributed by atoms with Gasteiger partial charge in [-0.15, -0.1) is 0 Å². The zero-order valence-electron chi connectivity index (χ0n) is 6.19. The Bertz CT molecular complexity index is 95.6. The van der Waals surface area contributed by atoms with Crippen molar-refractivity contribution in [3.8, 4) is 0 Å². The van der Waals surface area contributed by atoms with E-state index in [0.29, 0.717) is 0 Å². The second kappa shape index (κ2) is 7.58. The molecule has 0 radical (unpaired) electrons. The summed E-state index contributed by atoms with van der Waals surface area (Å²) in [4.78, 5) is 2.22. The minimum Gasteiger partial charge on any atom is -0.303 e. The van der Waals surface area contributed by atoms with Gasteiger partial charge in [0.25, 0.3) is 0 Å². The van der Waals surface area contributed by atoms with E-state index in [9.17, 15) is 0 Å². The van der Waals surface area contributed by atoms with Crippen LogP contribution in [0.4, 0.5) is 0 Å². The van der Waals surface area contributed by atoms with Gasteiger partial charge in [-0.3, -0.25) is 0 Å². The molecule has 10 heavy (non-hydrogen) atoms. The summed E-state index contributed by atoms with van der Waals surface area (Å²) in [7, 11) is 2.08. The molecule has 0 saturated carbocycles. The van der Waals surface area contributed by atoms with Crippen molar-refractivity contribution in [2.75, 3.05) is 25.5 Å². The molecule has 0 unspecified atom stereocenters. The van der Waals surface area contributed by atoms with Gasteiger partial charge in [0.05, 0.1) is 0 Å². The van der Waals surface area contributed by atoms with E-state index in [-0.39, 0.29) is 0 Å². The standard InChI is InChI=1S/C7H13BrClN/c1-10(6-2-4-8)7-3-5-9/h3,5H,2,4,6-7H2,1H3/b5-3+. The van der Waals surface area contributed by atoms with E-state index in [0.717, 1.165) is 18.4 Å². The molecule has 0 spiro atoms. The zero-order chi connectivity index (χ0) is 7.82. The number of halogens is 2. The van der Waals surface area contributed by atoms with Crippen molar-refractivity contribution in [3.05, 3.63) is 11.6 Å². The van der Waals surface area contributed by atoms with E-state index in [4.69, 9.17) is 11.6 Å². The lowest BCUT2D eigenvalue weighted by molar-refractivity contribution is 0.372. The zero-order valence-corrected chi connectivity index (χ0v) is 8.53. The van der Waals surface area contributed by atoms with E-state index >= 15 is 0 Å². The number of nitrogens with zero attached hydrogens (tertiary/aromatic N) is 1. The predicted octanol–water partition coefficient (Wildman–Crippen LogP) is 2.46. The van der Waals surface area contributed by atoms with Crippen LogP contribution >= 0.6 is 27.5 Å². The minimum atomic E-state index is 0.941. The van der Waals surface area contributed by atoms with Gasteiger partial charge >= 0.3 is 0 Å². The highest BCUT2D eigenvalue weighted by Gasteiger charge is 1.92. The molecule has 0 bridgehead atoms. The molecule has 0 atom stereocenters. The highest BCUT2D eigenvalue weighted by molar-refractivity contribution is 9.09. The molecule has 0 aliphatic carbocycles. The molecule has 0 N–H and O–H groups in total. The molecule has 0 aliphatic rings. The van der Waals surface area contributed by atoms with Crippen LogP contribution in [-0.2, 0) is 0 Å². The van der Waals surface area contributed by atoms with Gasteiger partial charge in [-0.25, -0.2) is 0 Å². The van der Waals surface area contributed by atoms with Crippen molar-refractivity contribution in [1.29, 1.82) is 0 Å². The average molecular weight is 227 g/mol. The first-order valence-corrected chi connectivity index (χ1v) is 4.86. The highest BCUT2D eigenvalue weighted by Crippen LogP contribution is 1.92. The van der Waals surface area contributed by atoms with E-state index in [1.54, 1.807) is 5.54 Å². The fourth-order valence-electron chi connectivity index (χ4n) is 0.641. The van der Waals surface area contributed by atoms with Gasteiger partial charge in [-0.2, -0.15) is 0 Å². The molecule has 0 aromatic carbocycles. The van der Waals surface area contributed by atoms with Crippen molar-refractivity contribution in [2.45, 2.75) is 6.42 Å². The van der Waals surface area contributed by atoms with Crippen molar-refractivity contribution >= 4 is 27.5 Å². The summed E-state index contributed by atoms with van der Waals surface area (Å²) >= 11 is 8.74. The van der Waals surface area contributed by atoms with Crippen LogP contribution in [0.1, 0.15) is 6.42 Å². The lowest BCUT2D eigenvalue weighted by Crippen LogP contribution is -2.19. The Morgan fingerprint density at radius 2 is 2.30 bits per heavy atom. The topological polar surface area (TPSA) is 3.24 Å². The number of rotatable bonds is 5. The molecule has 1 nitrogen and oxygen atoms in total. The van der Waals surface area contributed by atoms with Gasteiger partial charge in [-0.1, -0.05) is 33.6 Å². The number of hydrogen-bond donors (Lipinski definition) is 0. The summed E-state index contributed by atoms with van der Waals surface area (Å²) in [5, 5.41) is 1.07. The van der Waals surface area contributed by atoms with Crippen LogP contribution in [0.2, 0.25) is 0 Å². The molecule has 0 aromatic heterocycles. The quantitative estimate of drug-likeness (QED) is 0.651. The van der Waals surface area contributed by atoms with E-state index < -0.39 is 0 Å². The van der Waals surface area contributed by atoms with Crippen LogP contribution in [0.25, 0.3) is 0 Å². The third-order valence-electron chi connectivity index (χ3n) is 1.18. The fourth-order valence-corrected chi connectivity index (χ4v) is 0.971. The van der Waals surface area contributed by atoms with Crippen molar-refractivity contribution in [1.82, 2.24) is 4.90 Å². The van der Waals surface area contributed by atoms with E-state index in [1.165, 1.54) is 6.42 Å². The predicted molar refractivity (Wildman–Crippen MR) is 50.9 cm³/mol. The van der Waals surface area contributed by atoms with Gasteiger partial charge < -0.3 is 4.90 Å². The lowest BCUT2D eigenvalue weighted by atomic mass is 10.4. The van der Waals surface area contributed by atoms with Crippen molar-refractivity contribution in [2.24, 2.45) is 0 Å². The maximum Gasteiger partial charge on any atom is 0.0171 e. The molecule has 60 valence electrons. The Kier molecular flexibility index (Phi) is 7.93. The van der Waals surface area contributed by atoms with Crippen LogP contribution in [0.3, 0.4) is 0 Å². The first-order valence-electron chi connectivity index (χ1n) is 3.31. The van der Waals surface area contributed by atoms with Gasteiger partial charge in [0.15, 0.2) is 0 Å². The maximum atomic E-state index is 5.36. The fraction of sp³-hybridized carbons (Fsp3) is 0.714. The van der Waals surface area contributed by atoms with Crippen LogP contribution in [0, 0.1) is 0 Å². The number of likely N-dealkylation sites (N-methyl/N-ethyl adjacent to an activating group) is 1. The molecule has 3 heteroatoms. The average Bonchev–Trinajstić information content (AvgIpc) is 1.97. The second-order valence-electron chi connectivity index (χ2n) is 2.17. The molecule has 0 amide bonds. The third-order valence-corrected chi connectivity index (χ3v) is 1.92. The lowest BCUT2D eigenvalue weighted by Gasteiger charge is -2.11. The molecule has 0 fully saturated rings. The molecular weight excluding hydrogens is 213 g/mol. The van der Waals surface area contributed by atoms with Gasteiger partial charge in [0, 0.05) is 17.4 Å². The summed E-state index contributed by atoms with van der Waals surface area (Å²) < 4.78 is 0. The number of hydrogen-bond acceptors (Lipinski definition) is 1. The van der Waals surface area contributed by atoms with Crippen LogP contribution in [0.5, 0.6) is 0 Å². The normalized spacial score (nSPS) is 11.6. The van der Waals surface area contributed by atoms with Crippen molar-refractivity contribution in [3.63, 3.8) is 0 Å². The van der Waals surface area contributed by atoms with Gasteiger partial charge in [0.1, 0.15) is 0 Å². The SMILES string of the molecule is CN(C/C=C/Cl)CCCBr. The molecule has 0 saturated heterocycles. The van der Waals surface area contributed by atoms with Gasteiger partial charge in [-0.05, 0) is 20.0 Å². The number of alkyl halides is 1. The van der Waals surface area contributed by atoms with Gasteiger partial charge in [0.2, 0.25) is 0 Å². The minimum absolute atomic E-state index is 0.941. The summed E-state index contributed by atoms with van der Waals surface area (Å²) in [5.41, 5.74) is 1.56. The van der Waals surface area contributed by atoms with Crippen LogP contribution in [-0.4, -0.2) is 30.4 Å². The third kappa shape index (κ3) is 6.59. The first-order chi connectivity index (χ1) is 4.81. The summed E-state index contributed by atoms with van der Waals surface area (Å²) in [5.74, 6) is 0. The highest BCUT2D eigenvalue weighted by atomic mass is 79.9. The van der Waals surface area contributed by atoms with Crippen molar-refractivity contribution < 1.29 is 0 Å². The summed E-state index contributed by atoms with van der Waals surface area (Å²) in [6, 6.07) is 0. The van der Waals surface area contributed by atoms with Crippen LogP contribution in [0.15, 0.2) is 11.6 Å². The van der Waals surface area contributed by atoms with E-state index in [2.05, 4.69) is 27.9 Å². The molecular formula is C7H13BrClN. The first kappa shape index (κ1) is 10.5. The summed E-state index contributed by atoms with van der Waals surface area (Å²) in [6.45, 7) is 2.06. The Morgan fingerprint density at radius 1 is 1.60 bits per heavy atom. The Morgan fingerprint density at radius 3 is 2.80 bits per heavy atom. The van der Waals surface area contributed by atoms with Crippen LogP contribution < -0.4 is 0 Å². The smallest absolute Gasteiger partial charge is 0.0171 e. The molecule has 0 rings (SSSR count). The molecule has 0 aromatic rings. The summed E-state index contributed by atoms with van der Waals surface area (Å²) in [6.07, 6.45) is 3.13. The Hall–Kier alpha value is 0.470. The largest absolute Gasteiger partial charge is 0.303 e. The Labute approximate surface area is 76.2 Å². The Balaban J connectivity index is 3.16. The monoisotopic (exact) mass is 225 g/mol. The van der Waals surface area contributed by atoms with E-state index in [1.807, 2.05) is 6.08 Å². The molecule has 0 heterocycles. The maximum absolute atomic E-state index is 5.36. The second-order valence-corrected chi connectivity index (χ2v) is 3.21. The molecule has 0 aliphatic heterocycles.